The van der Waals surface area contributed by atoms with E-state index in [0.29, 0.717) is 18.5 Å². The largest absolute Gasteiger partial charge is 0.343 e. The van der Waals surface area contributed by atoms with Crippen LogP contribution in [0.3, 0.4) is 0 Å². The molecule has 6 heteroatoms. The molecule has 25 heavy (non-hydrogen) atoms. The molecule has 2 aliphatic rings. The fourth-order valence-corrected chi connectivity index (χ4v) is 3.24. The first-order chi connectivity index (χ1) is 12.1. The van der Waals surface area contributed by atoms with Gasteiger partial charge in [-0.05, 0) is 38.2 Å². The Morgan fingerprint density at radius 3 is 2.56 bits per heavy atom. The minimum absolute atomic E-state index is 0.104. The van der Waals surface area contributed by atoms with Crippen LogP contribution in [-0.4, -0.2) is 47.4 Å². The van der Waals surface area contributed by atoms with E-state index in [-0.39, 0.29) is 30.3 Å². The van der Waals surface area contributed by atoms with Gasteiger partial charge in [0.25, 0.3) is 0 Å². The van der Waals surface area contributed by atoms with Crippen molar-refractivity contribution in [3.63, 3.8) is 0 Å². The summed E-state index contributed by atoms with van der Waals surface area (Å²) in [6.07, 6.45) is 5.55. The fourth-order valence-electron chi connectivity index (χ4n) is 3.24. The highest BCUT2D eigenvalue weighted by Crippen LogP contribution is 2.28. The van der Waals surface area contributed by atoms with E-state index in [1.54, 1.807) is 23.1 Å². The van der Waals surface area contributed by atoms with Crippen LogP contribution < -0.4 is 5.32 Å². The van der Waals surface area contributed by atoms with Gasteiger partial charge in [0.1, 0.15) is 5.82 Å². The van der Waals surface area contributed by atoms with Gasteiger partial charge in [-0.15, -0.1) is 0 Å². The van der Waals surface area contributed by atoms with Crippen molar-refractivity contribution in [1.29, 1.82) is 0 Å². The van der Waals surface area contributed by atoms with E-state index >= 15 is 0 Å². The molecule has 0 spiro atoms. The molecule has 1 aromatic rings. The van der Waals surface area contributed by atoms with Crippen LogP contribution in [0.4, 0.5) is 9.18 Å². The number of urea groups is 1. The van der Waals surface area contributed by atoms with Crippen molar-refractivity contribution in [2.45, 2.75) is 51.1 Å². The Bertz CT molecular complexity index is 612. The lowest BCUT2D eigenvalue weighted by molar-refractivity contribution is -0.131. The highest BCUT2D eigenvalue weighted by molar-refractivity contribution is 5.78. The third kappa shape index (κ3) is 4.94. The molecule has 1 N–H and O–H groups in total. The predicted octanol–water partition coefficient (Wildman–Crippen LogP) is 2.90. The molecule has 0 atom stereocenters. The van der Waals surface area contributed by atoms with Crippen LogP contribution in [0.1, 0.15) is 44.1 Å². The number of rotatable bonds is 6. The van der Waals surface area contributed by atoms with Gasteiger partial charge in [0.15, 0.2) is 0 Å². The number of carbonyl (C=O) groups is 2. The number of halogens is 1. The first-order valence-electron chi connectivity index (χ1n) is 9.21. The van der Waals surface area contributed by atoms with Crippen molar-refractivity contribution in [1.82, 2.24) is 15.1 Å². The van der Waals surface area contributed by atoms with E-state index in [9.17, 15) is 14.0 Å². The van der Waals surface area contributed by atoms with Crippen LogP contribution in [0, 0.1) is 5.82 Å². The lowest BCUT2D eigenvalue weighted by Crippen LogP contribution is -2.43. The Morgan fingerprint density at radius 2 is 1.88 bits per heavy atom. The molecule has 1 saturated heterocycles. The monoisotopic (exact) mass is 347 g/mol. The van der Waals surface area contributed by atoms with Crippen molar-refractivity contribution in [3.05, 3.63) is 35.6 Å². The quantitative estimate of drug-likeness (QED) is 0.860. The number of hydrogen-bond donors (Lipinski definition) is 1. The van der Waals surface area contributed by atoms with E-state index < -0.39 is 0 Å². The molecule has 0 bridgehead atoms. The minimum atomic E-state index is -0.291. The average Bonchev–Trinajstić information content (AvgIpc) is 3.46. The van der Waals surface area contributed by atoms with E-state index in [0.717, 1.165) is 38.8 Å². The summed E-state index contributed by atoms with van der Waals surface area (Å²) >= 11 is 0. The molecule has 5 nitrogen and oxygen atoms in total. The molecule has 0 aromatic heterocycles. The average molecular weight is 347 g/mol. The zero-order chi connectivity index (χ0) is 17.6. The molecular weight excluding hydrogens is 321 g/mol. The summed E-state index contributed by atoms with van der Waals surface area (Å²) in [6, 6.07) is 6.51. The van der Waals surface area contributed by atoms with Crippen LogP contribution in [0.25, 0.3) is 0 Å². The van der Waals surface area contributed by atoms with Gasteiger partial charge >= 0.3 is 6.03 Å². The fraction of sp³-hybridized carbons (Fsp3) is 0.579. The van der Waals surface area contributed by atoms with Gasteiger partial charge in [0.2, 0.25) is 5.91 Å². The molecule has 3 amide bonds. The molecular formula is C19H26FN3O2. The van der Waals surface area contributed by atoms with Crippen molar-refractivity contribution < 1.29 is 14.0 Å². The Kier molecular flexibility index (Phi) is 5.89. The van der Waals surface area contributed by atoms with Crippen LogP contribution in [0.5, 0.6) is 0 Å². The highest BCUT2D eigenvalue weighted by Gasteiger charge is 2.33. The number of nitrogens with zero attached hydrogens (tertiary/aromatic N) is 2. The summed E-state index contributed by atoms with van der Waals surface area (Å²) in [4.78, 5) is 28.2. The lowest BCUT2D eigenvalue weighted by atomic mass is 10.1. The number of hydrogen-bond acceptors (Lipinski definition) is 2. The van der Waals surface area contributed by atoms with Crippen molar-refractivity contribution in [3.8, 4) is 0 Å². The Morgan fingerprint density at radius 1 is 1.16 bits per heavy atom. The molecule has 136 valence electrons. The van der Waals surface area contributed by atoms with Crippen LogP contribution in [-0.2, 0) is 11.3 Å². The van der Waals surface area contributed by atoms with Crippen LogP contribution >= 0.6 is 0 Å². The zero-order valence-corrected chi connectivity index (χ0v) is 14.5. The summed E-state index contributed by atoms with van der Waals surface area (Å²) < 4.78 is 13.9. The molecule has 1 heterocycles. The van der Waals surface area contributed by atoms with Gasteiger partial charge in [0.05, 0.1) is 6.54 Å². The molecule has 3 rings (SSSR count). The predicted molar refractivity (Wildman–Crippen MR) is 93.4 cm³/mol. The van der Waals surface area contributed by atoms with Gasteiger partial charge in [-0.1, -0.05) is 18.2 Å². The van der Waals surface area contributed by atoms with Crippen LogP contribution in [0.15, 0.2) is 24.3 Å². The van der Waals surface area contributed by atoms with Crippen LogP contribution in [0.2, 0.25) is 0 Å². The first-order valence-corrected chi connectivity index (χ1v) is 9.21. The minimum Gasteiger partial charge on any atom is -0.343 e. The molecule has 1 saturated carbocycles. The normalized spacial score (nSPS) is 17.2. The number of carbonyl (C=O) groups excluding carboxylic acids is 2. The van der Waals surface area contributed by atoms with Crippen molar-refractivity contribution >= 4 is 11.9 Å². The Labute approximate surface area is 148 Å². The first kappa shape index (κ1) is 17.7. The number of amides is 3. The third-order valence-electron chi connectivity index (χ3n) is 4.87. The summed E-state index contributed by atoms with van der Waals surface area (Å²) in [5, 5.41) is 2.83. The maximum Gasteiger partial charge on any atom is 0.317 e. The highest BCUT2D eigenvalue weighted by atomic mass is 19.1. The van der Waals surface area contributed by atoms with Gasteiger partial charge < -0.3 is 15.1 Å². The Balaban J connectivity index is 1.48. The van der Waals surface area contributed by atoms with E-state index in [1.165, 1.54) is 12.5 Å². The topological polar surface area (TPSA) is 52.7 Å². The van der Waals surface area contributed by atoms with Crippen molar-refractivity contribution in [2.75, 3.05) is 19.6 Å². The summed E-state index contributed by atoms with van der Waals surface area (Å²) in [5.74, 6) is -0.187. The molecule has 0 radical (unpaired) electrons. The second-order valence-corrected chi connectivity index (χ2v) is 6.87. The maximum atomic E-state index is 13.9. The van der Waals surface area contributed by atoms with Gasteiger partial charge in [-0.2, -0.15) is 0 Å². The van der Waals surface area contributed by atoms with Crippen molar-refractivity contribution in [2.24, 2.45) is 0 Å². The Hall–Kier alpha value is -2.11. The zero-order valence-electron chi connectivity index (χ0n) is 14.5. The number of benzene rings is 1. The summed E-state index contributed by atoms with van der Waals surface area (Å²) in [5.41, 5.74) is 0.522. The lowest BCUT2D eigenvalue weighted by Gasteiger charge is -2.27. The second kappa shape index (κ2) is 8.32. The molecule has 1 aliphatic carbocycles. The van der Waals surface area contributed by atoms with Gasteiger partial charge in [0, 0.05) is 37.7 Å². The molecule has 0 unspecified atom stereocenters. The SMILES string of the molecule is O=C(CCNC(=O)N(Cc1ccccc1F)C1CC1)N1CCCCC1. The maximum absolute atomic E-state index is 13.9. The second-order valence-electron chi connectivity index (χ2n) is 6.87. The third-order valence-corrected chi connectivity index (χ3v) is 4.87. The summed E-state index contributed by atoms with van der Waals surface area (Å²) in [7, 11) is 0. The molecule has 2 fully saturated rings. The molecule has 1 aliphatic heterocycles. The van der Waals surface area contributed by atoms with Gasteiger partial charge in [-0.3, -0.25) is 4.79 Å². The van der Waals surface area contributed by atoms with E-state index in [2.05, 4.69) is 5.32 Å². The van der Waals surface area contributed by atoms with E-state index in [4.69, 9.17) is 0 Å². The smallest absolute Gasteiger partial charge is 0.317 e. The summed E-state index contributed by atoms with van der Waals surface area (Å²) in [6.45, 7) is 2.25. The number of nitrogens with one attached hydrogen (secondary N) is 1. The molecule has 1 aromatic carbocycles. The number of likely N-dealkylation sites (tertiary alicyclic amines) is 1. The van der Waals surface area contributed by atoms with E-state index in [1.807, 2.05) is 4.90 Å². The standard InChI is InChI=1S/C19H26FN3O2/c20-17-7-3-2-6-15(17)14-23(16-8-9-16)19(25)21-11-10-18(24)22-12-4-1-5-13-22/h2-3,6-7,16H,1,4-5,8-14H2,(H,21,25). The van der Waals surface area contributed by atoms with Gasteiger partial charge in [-0.25, -0.2) is 9.18 Å². The number of piperidine rings is 1.